The van der Waals surface area contributed by atoms with Crippen LogP contribution in [0.2, 0.25) is 0 Å². The first-order chi connectivity index (χ1) is 12.9. The number of rotatable bonds is 4. The molecule has 0 aliphatic carbocycles. The monoisotopic (exact) mass is 364 g/mol. The molecule has 1 N–H and O–H groups in total. The minimum atomic E-state index is -0.0335. The van der Waals surface area contributed by atoms with Crippen molar-refractivity contribution in [3.8, 4) is 0 Å². The van der Waals surface area contributed by atoms with Crippen LogP contribution in [-0.2, 0) is 16.0 Å². The third kappa shape index (κ3) is 5.19. The highest BCUT2D eigenvalue weighted by atomic mass is 16.2. The van der Waals surface area contributed by atoms with Gasteiger partial charge in [-0.15, -0.1) is 0 Å². The standard InChI is InChI=1S/C23H28N2O2/c1-16-5-4-6-19(12-16)15-22(26)25-9-7-20(8-10-25)23(27)24-21-13-17(2)11-18(3)14-21/h4-6,11-14,20H,7-10,15H2,1-3H3,(H,24,27). The fourth-order valence-electron chi connectivity index (χ4n) is 3.79. The molecular weight excluding hydrogens is 336 g/mol. The molecule has 0 aromatic heterocycles. The predicted octanol–water partition coefficient (Wildman–Crippen LogP) is 4.03. The summed E-state index contributed by atoms with van der Waals surface area (Å²) in [6, 6.07) is 14.1. The Balaban J connectivity index is 1.52. The van der Waals surface area contributed by atoms with Crippen LogP contribution in [0.25, 0.3) is 0 Å². The average molecular weight is 364 g/mol. The Morgan fingerprint density at radius 1 is 0.963 bits per heavy atom. The first kappa shape index (κ1) is 19.2. The van der Waals surface area contributed by atoms with E-state index in [1.54, 1.807) is 0 Å². The highest BCUT2D eigenvalue weighted by Gasteiger charge is 2.27. The number of anilines is 1. The average Bonchev–Trinajstić information content (AvgIpc) is 2.61. The second-order valence-electron chi connectivity index (χ2n) is 7.69. The van der Waals surface area contributed by atoms with Gasteiger partial charge in [-0.1, -0.05) is 35.9 Å². The van der Waals surface area contributed by atoms with Gasteiger partial charge in [0, 0.05) is 24.7 Å². The van der Waals surface area contributed by atoms with E-state index in [4.69, 9.17) is 0 Å². The van der Waals surface area contributed by atoms with Crippen molar-refractivity contribution < 1.29 is 9.59 Å². The van der Waals surface area contributed by atoms with Gasteiger partial charge >= 0.3 is 0 Å². The molecular formula is C23H28N2O2. The normalized spacial score (nSPS) is 14.9. The van der Waals surface area contributed by atoms with Crippen LogP contribution >= 0.6 is 0 Å². The van der Waals surface area contributed by atoms with E-state index in [1.807, 2.05) is 56.0 Å². The molecule has 4 heteroatoms. The van der Waals surface area contributed by atoms with Crippen molar-refractivity contribution in [3.63, 3.8) is 0 Å². The molecule has 1 aliphatic heterocycles. The Bertz CT molecular complexity index is 816. The molecule has 4 nitrogen and oxygen atoms in total. The lowest BCUT2D eigenvalue weighted by Gasteiger charge is -2.31. The zero-order valence-corrected chi connectivity index (χ0v) is 16.4. The van der Waals surface area contributed by atoms with Gasteiger partial charge in [0.25, 0.3) is 0 Å². The Morgan fingerprint density at radius 2 is 1.63 bits per heavy atom. The maximum Gasteiger partial charge on any atom is 0.227 e. The van der Waals surface area contributed by atoms with Crippen LogP contribution in [0.4, 0.5) is 5.69 Å². The number of aryl methyl sites for hydroxylation is 3. The summed E-state index contributed by atoms with van der Waals surface area (Å²) in [6.07, 6.45) is 1.87. The van der Waals surface area contributed by atoms with E-state index in [-0.39, 0.29) is 17.7 Å². The number of carbonyl (C=O) groups is 2. The van der Waals surface area contributed by atoms with Gasteiger partial charge in [-0.05, 0) is 62.4 Å². The summed E-state index contributed by atoms with van der Waals surface area (Å²) >= 11 is 0. The van der Waals surface area contributed by atoms with Crippen LogP contribution in [0, 0.1) is 26.7 Å². The van der Waals surface area contributed by atoms with Crippen LogP contribution in [0.15, 0.2) is 42.5 Å². The minimum Gasteiger partial charge on any atom is -0.342 e. The summed E-state index contributed by atoms with van der Waals surface area (Å²) < 4.78 is 0. The predicted molar refractivity (Wildman–Crippen MR) is 109 cm³/mol. The van der Waals surface area contributed by atoms with Crippen LogP contribution in [0.1, 0.15) is 35.1 Å². The minimum absolute atomic E-state index is 0.0335. The third-order valence-electron chi connectivity index (χ3n) is 5.15. The van der Waals surface area contributed by atoms with Crippen LogP contribution in [-0.4, -0.2) is 29.8 Å². The summed E-state index contributed by atoms with van der Waals surface area (Å²) in [5.41, 5.74) is 5.36. The summed E-state index contributed by atoms with van der Waals surface area (Å²) in [7, 11) is 0. The molecule has 1 aliphatic rings. The van der Waals surface area contributed by atoms with Crippen molar-refractivity contribution in [2.24, 2.45) is 5.92 Å². The molecule has 1 saturated heterocycles. The first-order valence-corrected chi connectivity index (χ1v) is 9.63. The summed E-state index contributed by atoms with van der Waals surface area (Å²) in [5, 5.41) is 3.04. The topological polar surface area (TPSA) is 49.4 Å². The quantitative estimate of drug-likeness (QED) is 0.890. The largest absolute Gasteiger partial charge is 0.342 e. The second kappa shape index (κ2) is 8.38. The SMILES string of the molecule is Cc1cccc(CC(=O)N2CCC(C(=O)Nc3cc(C)cc(C)c3)CC2)c1. The van der Waals surface area contributed by atoms with E-state index in [1.165, 1.54) is 5.56 Å². The number of piperidine rings is 1. The molecule has 2 aromatic rings. The third-order valence-corrected chi connectivity index (χ3v) is 5.15. The molecule has 0 bridgehead atoms. The van der Waals surface area contributed by atoms with Crippen molar-refractivity contribution >= 4 is 17.5 Å². The van der Waals surface area contributed by atoms with Gasteiger partial charge in [0.15, 0.2) is 0 Å². The molecule has 1 heterocycles. The lowest BCUT2D eigenvalue weighted by molar-refractivity contribution is -0.133. The highest BCUT2D eigenvalue weighted by molar-refractivity contribution is 5.93. The molecule has 2 aromatic carbocycles. The van der Waals surface area contributed by atoms with E-state index in [0.29, 0.717) is 19.5 Å². The van der Waals surface area contributed by atoms with Crippen molar-refractivity contribution in [2.75, 3.05) is 18.4 Å². The maximum absolute atomic E-state index is 12.6. The van der Waals surface area contributed by atoms with Gasteiger partial charge in [0.1, 0.15) is 0 Å². The smallest absolute Gasteiger partial charge is 0.227 e. The van der Waals surface area contributed by atoms with E-state index in [0.717, 1.165) is 35.2 Å². The number of amides is 2. The summed E-state index contributed by atoms with van der Waals surface area (Å²) in [6.45, 7) is 7.39. The molecule has 3 rings (SSSR count). The Labute approximate surface area is 161 Å². The lowest BCUT2D eigenvalue weighted by atomic mass is 9.95. The van der Waals surface area contributed by atoms with Crippen LogP contribution in [0.5, 0.6) is 0 Å². The number of hydrogen-bond acceptors (Lipinski definition) is 2. The number of benzene rings is 2. The van der Waals surface area contributed by atoms with Gasteiger partial charge in [0.05, 0.1) is 6.42 Å². The first-order valence-electron chi connectivity index (χ1n) is 9.63. The lowest BCUT2D eigenvalue weighted by Crippen LogP contribution is -2.42. The van der Waals surface area contributed by atoms with Crippen molar-refractivity contribution in [3.05, 3.63) is 64.7 Å². The zero-order valence-electron chi connectivity index (χ0n) is 16.4. The van der Waals surface area contributed by atoms with Gasteiger partial charge in [-0.25, -0.2) is 0 Å². The Kier molecular flexibility index (Phi) is 5.94. The number of nitrogens with one attached hydrogen (secondary N) is 1. The van der Waals surface area contributed by atoms with Gasteiger partial charge in [-0.3, -0.25) is 9.59 Å². The van der Waals surface area contributed by atoms with Crippen molar-refractivity contribution in [1.29, 1.82) is 0 Å². The summed E-state index contributed by atoms with van der Waals surface area (Å²) in [4.78, 5) is 27.0. The number of likely N-dealkylation sites (tertiary alicyclic amines) is 1. The van der Waals surface area contributed by atoms with E-state index >= 15 is 0 Å². The molecule has 0 unspecified atom stereocenters. The number of hydrogen-bond donors (Lipinski definition) is 1. The van der Waals surface area contributed by atoms with Gasteiger partial charge < -0.3 is 10.2 Å². The molecule has 0 radical (unpaired) electrons. The van der Waals surface area contributed by atoms with E-state index in [2.05, 4.69) is 17.4 Å². The molecule has 27 heavy (non-hydrogen) atoms. The zero-order chi connectivity index (χ0) is 19.4. The van der Waals surface area contributed by atoms with Crippen molar-refractivity contribution in [2.45, 2.75) is 40.0 Å². The molecule has 142 valence electrons. The van der Waals surface area contributed by atoms with E-state index in [9.17, 15) is 9.59 Å². The van der Waals surface area contributed by atoms with Crippen LogP contribution in [0.3, 0.4) is 0 Å². The summed E-state index contributed by atoms with van der Waals surface area (Å²) in [5.74, 6) is 0.174. The van der Waals surface area contributed by atoms with Crippen molar-refractivity contribution in [1.82, 2.24) is 4.90 Å². The van der Waals surface area contributed by atoms with Gasteiger partial charge in [0.2, 0.25) is 11.8 Å². The Morgan fingerprint density at radius 3 is 2.26 bits per heavy atom. The fourth-order valence-corrected chi connectivity index (χ4v) is 3.79. The highest BCUT2D eigenvalue weighted by Crippen LogP contribution is 2.21. The molecule has 0 saturated carbocycles. The van der Waals surface area contributed by atoms with Crippen LogP contribution < -0.4 is 5.32 Å². The number of carbonyl (C=O) groups excluding carboxylic acids is 2. The molecule has 0 atom stereocenters. The Hall–Kier alpha value is -2.62. The second-order valence-corrected chi connectivity index (χ2v) is 7.69. The van der Waals surface area contributed by atoms with E-state index < -0.39 is 0 Å². The maximum atomic E-state index is 12.6. The molecule has 1 fully saturated rings. The fraction of sp³-hybridized carbons (Fsp3) is 0.391. The van der Waals surface area contributed by atoms with Gasteiger partial charge in [-0.2, -0.15) is 0 Å². The number of nitrogens with zero attached hydrogens (tertiary/aromatic N) is 1. The molecule has 0 spiro atoms. The molecule has 2 amide bonds.